The summed E-state index contributed by atoms with van der Waals surface area (Å²) < 4.78 is 5.59. The first-order valence-electron chi connectivity index (χ1n) is 11.1. The fourth-order valence-corrected chi connectivity index (χ4v) is 4.55. The van der Waals surface area contributed by atoms with Gasteiger partial charge in [-0.3, -0.25) is 4.79 Å². The van der Waals surface area contributed by atoms with Crippen LogP contribution in [0.3, 0.4) is 0 Å². The van der Waals surface area contributed by atoms with E-state index in [1.165, 1.54) is 0 Å². The van der Waals surface area contributed by atoms with Crippen LogP contribution in [-0.2, 0) is 6.61 Å². The van der Waals surface area contributed by atoms with Crippen molar-refractivity contribution in [2.45, 2.75) is 26.5 Å². The van der Waals surface area contributed by atoms with E-state index in [2.05, 4.69) is 10.3 Å². The van der Waals surface area contributed by atoms with Gasteiger partial charge >= 0.3 is 0 Å². The number of aromatic nitrogens is 1. The zero-order chi connectivity index (χ0) is 25.1. The van der Waals surface area contributed by atoms with Crippen LogP contribution in [0.15, 0.2) is 54.7 Å². The minimum absolute atomic E-state index is 0.105. The second-order valence-corrected chi connectivity index (χ2v) is 9.19. The van der Waals surface area contributed by atoms with Crippen LogP contribution < -0.4 is 10.1 Å². The minimum Gasteiger partial charge on any atom is -0.491 e. The lowest BCUT2D eigenvalue weighted by Crippen LogP contribution is -2.23. The van der Waals surface area contributed by atoms with Gasteiger partial charge in [-0.15, -0.1) is 0 Å². The van der Waals surface area contributed by atoms with E-state index in [1.54, 1.807) is 36.5 Å². The quantitative estimate of drug-likeness (QED) is 0.206. The van der Waals surface area contributed by atoms with Gasteiger partial charge in [-0.1, -0.05) is 35.3 Å². The molecule has 1 heterocycles. The van der Waals surface area contributed by atoms with Crippen molar-refractivity contribution in [2.75, 3.05) is 18.5 Å². The van der Waals surface area contributed by atoms with Crippen LogP contribution in [0, 0.1) is 13.8 Å². The van der Waals surface area contributed by atoms with Gasteiger partial charge < -0.3 is 25.3 Å². The number of hydrogen-bond donors (Lipinski definition) is 4. The number of aliphatic hydroxyl groups excluding tert-OH is 2. The van der Waals surface area contributed by atoms with E-state index in [0.717, 1.165) is 22.0 Å². The largest absolute Gasteiger partial charge is 0.491 e. The second kappa shape index (κ2) is 10.7. The molecule has 1 aromatic heterocycles. The molecule has 3 aromatic carbocycles. The Bertz CT molecular complexity index is 1380. The second-order valence-electron chi connectivity index (χ2n) is 8.35. The number of ketones is 1. The molecular weight excluding hydrogens is 487 g/mol. The molecule has 1 unspecified atom stereocenters. The number of halogens is 2. The first-order chi connectivity index (χ1) is 16.8. The summed E-state index contributed by atoms with van der Waals surface area (Å²) in [5.41, 5.74) is 4.90. The lowest BCUT2D eigenvalue weighted by Gasteiger charge is -2.22. The van der Waals surface area contributed by atoms with Crippen LogP contribution in [0.4, 0.5) is 5.69 Å². The summed E-state index contributed by atoms with van der Waals surface area (Å²) in [6.45, 7) is 3.60. The Kier molecular flexibility index (Phi) is 7.67. The molecule has 4 rings (SSSR count). The van der Waals surface area contributed by atoms with Gasteiger partial charge in [0.2, 0.25) is 0 Å². The first-order valence-corrected chi connectivity index (χ1v) is 11.9. The van der Waals surface area contributed by atoms with Crippen LogP contribution in [0.5, 0.6) is 5.75 Å². The molecule has 182 valence electrons. The van der Waals surface area contributed by atoms with E-state index >= 15 is 0 Å². The average molecular weight is 513 g/mol. The van der Waals surface area contributed by atoms with Crippen LogP contribution in [0.1, 0.15) is 38.7 Å². The maximum absolute atomic E-state index is 14.0. The molecule has 0 aliphatic heterocycles. The van der Waals surface area contributed by atoms with Crippen molar-refractivity contribution < 1.29 is 19.7 Å². The summed E-state index contributed by atoms with van der Waals surface area (Å²) in [5.74, 6) is 0.387. The van der Waals surface area contributed by atoms with Gasteiger partial charge in [0.1, 0.15) is 18.4 Å². The van der Waals surface area contributed by atoms with Gasteiger partial charge in [0.05, 0.1) is 18.7 Å². The number of H-pyrrole nitrogens is 1. The SMILES string of the molecule is Cc1cc(NC(C(=O)c2c[nH]c3c(C)c(Cl)ccc23)c2ccc(Cl)cc2CO)cc(OCCO)c1. The number of hydrogen-bond acceptors (Lipinski definition) is 5. The van der Waals surface area contributed by atoms with E-state index in [0.29, 0.717) is 38.2 Å². The van der Waals surface area contributed by atoms with Crippen LogP contribution in [0.25, 0.3) is 10.9 Å². The fourth-order valence-electron chi connectivity index (χ4n) is 4.20. The highest BCUT2D eigenvalue weighted by molar-refractivity contribution is 6.32. The number of Topliss-reactive ketones (excluding diaryl/α,β-unsaturated/α-hetero) is 1. The number of rotatable bonds is 9. The highest BCUT2D eigenvalue weighted by atomic mass is 35.5. The van der Waals surface area contributed by atoms with Crippen LogP contribution in [0.2, 0.25) is 10.0 Å². The van der Waals surface area contributed by atoms with Crippen molar-refractivity contribution in [3.05, 3.63) is 92.6 Å². The average Bonchev–Trinajstić information content (AvgIpc) is 3.28. The Balaban J connectivity index is 1.81. The van der Waals surface area contributed by atoms with E-state index in [1.807, 2.05) is 32.0 Å². The maximum atomic E-state index is 14.0. The molecule has 0 radical (unpaired) electrons. The maximum Gasteiger partial charge on any atom is 0.191 e. The summed E-state index contributed by atoms with van der Waals surface area (Å²) in [6.07, 6.45) is 1.69. The Morgan fingerprint density at radius 1 is 1.09 bits per heavy atom. The number of benzene rings is 3. The van der Waals surface area contributed by atoms with Crippen molar-refractivity contribution in [3.63, 3.8) is 0 Å². The number of aromatic amines is 1. The summed E-state index contributed by atoms with van der Waals surface area (Å²) in [5, 5.41) is 24.3. The smallest absolute Gasteiger partial charge is 0.191 e. The lowest BCUT2D eigenvalue weighted by molar-refractivity contribution is 0.0970. The molecule has 0 spiro atoms. The molecule has 0 aliphatic rings. The molecule has 8 heteroatoms. The van der Waals surface area contributed by atoms with Gasteiger partial charge in [-0.25, -0.2) is 0 Å². The number of fused-ring (bicyclic) bond motifs is 1. The third kappa shape index (κ3) is 5.31. The Morgan fingerprint density at radius 2 is 1.89 bits per heavy atom. The zero-order valence-corrected chi connectivity index (χ0v) is 20.9. The zero-order valence-electron chi connectivity index (χ0n) is 19.4. The molecule has 35 heavy (non-hydrogen) atoms. The minimum atomic E-state index is -0.822. The van der Waals surface area contributed by atoms with Gasteiger partial charge in [-0.2, -0.15) is 0 Å². The molecular formula is C27H26Cl2N2O4. The van der Waals surface area contributed by atoms with Crippen molar-refractivity contribution in [3.8, 4) is 5.75 Å². The van der Waals surface area contributed by atoms with Gasteiger partial charge in [0, 0.05) is 38.9 Å². The standard InChI is InChI=1S/C27H26Cl2N2O4/c1-15-9-19(12-20(10-15)35-8-7-32)31-26(21-4-3-18(28)11-17(21)14-33)27(34)23-13-30-25-16(2)24(29)6-5-22(23)25/h3-6,9-13,26,30-33H,7-8,14H2,1-2H3. The normalized spacial score (nSPS) is 12.1. The van der Waals surface area contributed by atoms with Crippen LogP contribution >= 0.6 is 23.2 Å². The number of ether oxygens (including phenoxy) is 1. The number of nitrogens with one attached hydrogen (secondary N) is 2. The molecule has 0 amide bonds. The molecule has 0 fully saturated rings. The third-order valence-corrected chi connectivity index (χ3v) is 6.53. The van der Waals surface area contributed by atoms with Crippen molar-refractivity contribution in [2.24, 2.45) is 0 Å². The lowest BCUT2D eigenvalue weighted by atomic mass is 9.93. The Morgan fingerprint density at radius 3 is 2.63 bits per heavy atom. The summed E-state index contributed by atoms with van der Waals surface area (Å²) in [7, 11) is 0. The predicted molar refractivity (Wildman–Crippen MR) is 140 cm³/mol. The van der Waals surface area contributed by atoms with E-state index in [-0.39, 0.29) is 25.6 Å². The van der Waals surface area contributed by atoms with Gasteiger partial charge in [-0.05, 0) is 66.4 Å². The summed E-state index contributed by atoms with van der Waals surface area (Å²) in [6, 6.07) is 13.4. The van der Waals surface area contributed by atoms with E-state index in [4.69, 9.17) is 33.0 Å². The predicted octanol–water partition coefficient (Wildman–Crippen LogP) is 5.99. The monoisotopic (exact) mass is 512 g/mol. The molecule has 0 aliphatic carbocycles. The van der Waals surface area contributed by atoms with Crippen molar-refractivity contribution in [1.82, 2.24) is 4.98 Å². The van der Waals surface area contributed by atoms with Crippen molar-refractivity contribution in [1.29, 1.82) is 0 Å². The number of carbonyl (C=O) groups is 1. The molecule has 0 saturated heterocycles. The molecule has 4 aromatic rings. The van der Waals surface area contributed by atoms with E-state index in [9.17, 15) is 9.90 Å². The summed E-state index contributed by atoms with van der Waals surface area (Å²) in [4.78, 5) is 17.2. The van der Waals surface area contributed by atoms with Crippen LogP contribution in [-0.4, -0.2) is 34.2 Å². The highest BCUT2D eigenvalue weighted by Crippen LogP contribution is 2.34. The number of aryl methyl sites for hydroxylation is 2. The molecule has 0 bridgehead atoms. The molecule has 6 nitrogen and oxygen atoms in total. The van der Waals surface area contributed by atoms with Crippen molar-refractivity contribution >= 4 is 45.6 Å². The Labute approximate surface area is 213 Å². The fraction of sp³-hybridized carbons (Fsp3) is 0.222. The Hall–Kier alpha value is -3.03. The number of carbonyl (C=O) groups excluding carboxylic acids is 1. The van der Waals surface area contributed by atoms with E-state index < -0.39 is 6.04 Å². The molecule has 0 saturated carbocycles. The number of anilines is 1. The third-order valence-electron chi connectivity index (χ3n) is 5.89. The number of aliphatic hydroxyl groups is 2. The topological polar surface area (TPSA) is 94.6 Å². The van der Waals surface area contributed by atoms with Gasteiger partial charge in [0.15, 0.2) is 5.78 Å². The highest BCUT2D eigenvalue weighted by Gasteiger charge is 2.27. The summed E-state index contributed by atoms with van der Waals surface area (Å²) >= 11 is 12.4. The first kappa shape index (κ1) is 25.1. The molecule has 1 atom stereocenters. The van der Waals surface area contributed by atoms with Gasteiger partial charge in [0.25, 0.3) is 0 Å². The molecule has 4 N–H and O–H groups in total.